The third-order valence-corrected chi connectivity index (χ3v) is 2.85. The maximum Gasteiger partial charge on any atom is 0.237 e. The zero-order valence-corrected chi connectivity index (χ0v) is 9.39. The van der Waals surface area contributed by atoms with Gasteiger partial charge < -0.3 is 20.4 Å². The van der Waals surface area contributed by atoms with E-state index in [0.29, 0.717) is 6.08 Å². The molecule has 0 radical (unpaired) electrons. The van der Waals surface area contributed by atoms with E-state index in [4.69, 9.17) is 0 Å². The first-order valence-electron chi connectivity index (χ1n) is 5.19. The quantitative estimate of drug-likeness (QED) is 0.336. The van der Waals surface area contributed by atoms with Crippen molar-refractivity contribution in [2.45, 2.75) is 13.3 Å². The van der Waals surface area contributed by atoms with E-state index in [0.717, 1.165) is 0 Å². The summed E-state index contributed by atoms with van der Waals surface area (Å²) in [4.78, 5) is 22.8. The van der Waals surface area contributed by atoms with E-state index in [-0.39, 0.29) is 17.5 Å². The average Bonchev–Trinajstić information content (AvgIpc) is 2.31. The molecule has 0 spiro atoms. The molecule has 4 N–H and O–H groups in total. The number of hydrogen-bond donors (Lipinski definition) is 4. The van der Waals surface area contributed by atoms with E-state index in [2.05, 4.69) is 0 Å². The summed E-state index contributed by atoms with van der Waals surface area (Å²) < 4.78 is 0. The van der Waals surface area contributed by atoms with Crippen LogP contribution in [0.2, 0.25) is 0 Å². The highest BCUT2D eigenvalue weighted by molar-refractivity contribution is 6.51. The Morgan fingerprint density at radius 3 is 2.11 bits per heavy atom. The summed E-state index contributed by atoms with van der Waals surface area (Å²) in [6, 6.07) is 0. The van der Waals surface area contributed by atoms with Gasteiger partial charge in [-0.05, 0) is 6.42 Å². The summed E-state index contributed by atoms with van der Waals surface area (Å²) in [5, 5.41) is 38.8. The van der Waals surface area contributed by atoms with Gasteiger partial charge >= 0.3 is 0 Å². The summed E-state index contributed by atoms with van der Waals surface area (Å²) in [6.07, 6.45) is 0.842. The molecule has 0 atom stereocenters. The molecule has 0 heterocycles. The fourth-order valence-corrected chi connectivity index (χ4v) is 1.95. The van der Waals surface area contributed by atoms with Gasteiger partial charge in [-0.1, -0.05) is 6.92 Å². The minimum Gasteiger partial charge on any atom is -0.507 e. The summed E-state index contributed by atoms with van der Waals surface area (Å²) in [6.45, 7) is 1.61. The molecule has 2 rings (SSSR count). The number of aliphatic hydroxyl groups excluding tert-OH is 1. The number of benzene rings is 1. The standard InChI is InChI=1S/C12H10O6/c1-2-4-9(15)7-5(13)3-6(14)11(17)8(7)12(18)10(4)16/h3,13,15-16,18H,2H2,1H3. The molecular weight excluding hydrogens is 240 g/mol. The maximum absolute atomic E-state index is 11.6. The molecule has 0 unspecified atom stereocenters. The number of aromatic hydroxyl groups is 3. The van der Waals surface area contributed by atoms with Crippen molar-refractivity contribution in [3.63, 3.8) is 0 Å². The maximum atomic E-state index is 11.6. The number of hydrogen-bond acceptors (Lipinski definition) is 6. The van der Waals surface area contributed by atoms with Gasteiger partial charge in [-0.3, -0.25) is 9.59 Å². The minimum absolute atomic E-state index is 0.00616. The molecule has 1 aromatic carbocycles. The highest BCUT2D eigenvalue weighted by atomic mass is 16.3. The van der Waals surface area contributed by atoms with Crippen LogP contribution in [-0.4, -0.2) is 32.0 Å². The SMILES string of the molecule is CCc1c(O)c(O)c2c(c1O)C(O)=CC(=O)C2=O. The summed E-state index contributed by atoms with van der Waals surface area (Å²) in [5.41, 5.74) is -0.910. The Balaban J connectivity index is 2.94. The zero-order valence-electron chi connectivity index (χ0n) is 9.39. The number of carbonyl (C=O) groups is 2. The second-order valence-corrected chi connectivity index (χ2v) is 3.85. The highest BCUT2D eigenvalue weighted by Gasteiger charge is 2.34. The van der Waals surface area contributed by atoms with E-state index in [1.165, 1.54) is 0 Å². The number of phenolic OH excluding ortho intramolecular Hbond substituents is 3. The summed E-state index contributed by atoms with van der Waals surface area (Å²) >= 11 is 0. The molecule has 6 nitrogen and oxygen atoms in total. The van der Waals surface area contributed by atoms with Crippen LogP contribution in [0.1, 0.15) is 28.4 Å². The van der Waals surface area contributed by atoms with Gasteiger partial charge in [0.05, 0.1) is 11.1 Å². The van der Waals surface area contributed by atoms with Gasteiger partial charge in [0.25, 0.3) is 0 Å². The van der Waals surface area contributed by atoms with Crippen molar-refractivity contribution in [3.05, 3.63) is 22.8 Å². The number of aliphatic hydroxyl groups is 1. The Morgan fingerprint density at radius 1 is 0.944 bits per heavy atom. The molecule has 6 heteroatoms. The molecule has 0 aliphatic heterocycles. The van der Waals surface area contributed by atoms with Crippen LogP contribution >= 0.6 is 0 Å². The van der Waals surface area contributed by atoms with Gasteiger partial charge in [-0.25, -0.2) is 0 Å². The molecule has 1 aliphatic carbocycles. The highest BCUT2D eigenvalue weighted by Crippen LogP contribution is 2.46. The van der Waals surface area contributed by atoms with E-state index >= 15 is 0 Å². The lowest BCUT2D eigenvalue weighted by Crippen LogP contribution is -2.19. The van der Waals surface area contributed by atoms with Crippen molar-refractivity contribution in [2.75, 3.05) is 0 Å². The van der Waals surface area contributed by atoms with Crippen LogP contribution in [-0.2, 0) is 11.2 Å². The van der Waals surface area contributed by atoms with E-state index in [1.54, 1.807) is 6.92 Å². The van der Waals surface area contributed by atoms with Crippen molar-refractivity contribution < 1.29 is 30.0 Å². The van der Waals surface area contributed by atoms with Crippen molar-refractivity contribution in [2.24, 2.45) is 0 Å². The molecule has 0 fully saturated rings. The van der Waals surface area contributed by atoms with Gasteiger partial charge in [0.15, 0.2) is 11.5 Å². The Kier molecular flexibility index (Phi) is 2.50. The van der Waals surface area contributed by atoms with Crippen LogP contribution in [0.3, 0.4) is 0 Å². The predicted octanol–water partition coefficient (Wildman–Crippen LogP) is 1.03. The zero-order chi connectivity index (χ0) is 13.6. The first-order chi connectivity index (χ1) is 8.40. The normalized spacial score (nSPS) is 14.4. The number of carbonyl (C=O) groups excluding carboxylic acids is 2. The molecule has 1 aliphatic rings. The Bertz CT molecular complexity index is 612. The molecule has 1 aromatic rings. The first kappa shape index (κ1) is 12.0. The number of allylic oxidation sites excluding steroid dienone is 1. The van der Waals surface area contributed by atoms with Crippen LogP contribution in [0.5, 0.6) is 17.2 Å². The predicted molar refractivity (Wildman–Crippen MR) is 60.8 cm³/mol. The van der Waals surface area contributed by atoms with Crippen LogP contribution in [0.4, 0.5) is 0 Å². The fraction of sp³-hybridized carbons (Fsp3) is 0.167. The van der Waals surface area contributed by atoms with E-state index in [9.17, 15) is 30.0 Å². The Labute approximate surface area is 101 Å². The molecule has 0 bridgehead atoms. The van der Waals surface area contributed by atoms with Gasteiger partial charge in [0.2, 0.25) is 11.6 Å². The van der Waals surface area contributed by atoms with Gasteiger partial charge in [0, 0.05) is 11.6 Å². The van der Waals surface area contributed by atoms with Gasteiger partial charge in [-0.15, -0.1) is 0 Å². The van der Waals surface area contributed by atoms with Crippen molar-refractivity contribution in [1.29, 1.82) is 0 Å². The van der Waals surface area contributed by atoms with E-state index < -0.39 is 40.1 Å². The molecule has 0 saturated heterocycles. The van der Waals surface area contributed by atoms with E-state index in [1.807, 2.05) is 0 Å². The van der Waals surface area contributed by atoms with Crippen LogP contribution in [0.25, 0.3) is 5.76 Å². The topological polar surface area (TPSA) is 115 Å². The second kappa shape index (κ2) is 3.76. The van der Waals surface area contributed by atoms with Crippen LogP contribution in [0, 0.1) is 0 Å². The molecule has 0 aromatic heterocycles. The third kappa shape index (κ3) is 1.35. The second-order valence-electron chi connectivity index (χ2n) is 3.85. The lowest BCUT2D eigenvalue weighted by Gasteiger charge is -2.18. The number of phenols is 3. The summed E-state index contributed by atoms with van der Waals surface area (Å²) in [5.74, 6) is -4.72. The lowest BCUT2D eigenvalue weighted by molar-refractivity contribution is -0.111. The van der Waals surface area contributed by atoms with Crippen molar-refractivity contribution in [1.82, 2.24) is 0 Å². The number of Topliss-reactive ketones (excluding diaryl/α,β-unsaturated/α-hetero) is 1. The number of ketones is 2. The molecule has 0 amide bonds. The summed E-state index contributed by atoms with van der Waals surface area (Å²) in [7, 11) is 0. The molecular formula is C12H10O6. The monoisotopic (exact) mass is 250 g/mol. The molecule has 18 heavy (non-hydrogen) atoms. The fourth-order valence-electron chi connectivity index (χ4n) is 1.95. The number of fused-ring (bicyclic) bond motifs is 1. The lowest BCUT2D eigenvalue weighted by atomic mass is 9.89. The Hall–Kier alpha value is -2.50. The van der Waals surface area contributed by atoms with Gasteiger partial charge in [-0.2, -0.15) is 0 Å². The van der Waals surface area contributed by atoms with Crippen LogP contribution < -0.4 is 0 Å². The molecule has 94 valence electrons. The largest absolute Gasteiger partial charge is 0.507 e. The minimum atomic E-state index is -1.09. The van der Waals surface area contributed by atoms with Gasteiger partial charge in [0.1, 0.15) is 11.5 Å². The smallest absolute Gasteiger partial charge is 0.237 e. The third-order valence-electron chi connectivity index (χ3n) is 2.85. The average molecular weight is 250 g/mol. The van der Waals surface area contributed by atoms with Crippen molar-refractivity contribution in [3.8, 4) is 17.2 Å². The number of rotatable bonds is 1. The Morgan fingerprint density at radius 2 is 1.56 bits per heavy atom. The van der Waals surface area contributed by atoms with Crippen LogP contribution in [0.15, 0.2) is 6.08 Å². The van der Waals surface area contributed by atoms with Crippen molar-refractivity contribution >= 4 is 17.3 Å². The first-order valence-corrected chi connectivity index (χ1v) is 5.19. The molecule has 0 saturated carbocycles.